The highest BCUT2D eigenvalue weighted by atomic mass is 16.3. The molecule has 1 aromatic heterocycles. The van der Waals surface area contributed by atoms with Gasteiger partial charge in [0.1, 0.15) is 11.2 Å². The zero-order valence-electron chi connectivity index (χ0n) is 24.5. The van der Waals surface area contributed by atoms with Gasteiger partial charge in [0.25, 0.3) is 0 Å². The average Bonchev–Trinajstić information content (AvgIpc) is 3.53. The molecule has 0 fully saturated rings. The Hall–Kier alpha value is -5.65. The summed E-state index contributed by atoms with van der Waals surface area (Å²) in [5.41, 5.74) is 12.4. The summed E-state index contributed by atoms with van der Waals surface area (Å²) >= 11 is 0. The van der Waals surface area contributed by atoms with Gasteiger partial charge in [-0.05, 0) is 90.3 Å². The molecule has 0 spiro atoms. The van der Waals surface area contributed by atoms with Gasteiger partial charge in [0.15, 0.2) is 5.69 Å². The van der Waals surface area contributed by atoms with E-state index in [1.807, 2.05) is 12.1 Å². The van der Waals surface area contributed by atoms with E-state index in [1.165, 1.54) is 60.5 Å². The van der Waals surface area contributed by atoms with Gasteiger partial charge in [0.05, 0.1) is 6.57 Å². The maximum atomic E-state index is 7.40. The molecule has 1 heterocycles. The van der Waals surface area contributed by atoms with Gasteiger partial charge in [0.2, 0.25) is 0 Å². The molecule has 0 unspecified atom stereocenters. The molecule has 0 saturated carbocycles. The lowest BCUT2D eigenvalue weighted by Crippen LogP contribution is -2.14. The Labute approximate surface area is 255 Å². The maximum absolute atomic E-state index is 7.40. The number of rotatable bonds is 2. The number of nitrogens with zero attached hydrogens (tertiary/aromatic N) is 1. The lowest BCUT2D eigenvalue weighted by atomic mass is 9.82. The minimum Gasteiger partial charge on any atom is -0.456 e. The minimum absolute atomic E-state index is 0.0693. The molecular formula is C42H27NO. The van der Waals surface area contributed by atoms with Crippen molar-refractivity contribution < 1.29 is 4.42 Å². The second-order valence-electron chi connectivity index (χ2n) is 12.4. The molecule has 0 N–H and O–H groups in total. The van der Waals surface area contributed by atoms with E-state index in [4.69, 9.17) is 11.0 Å². The van der Waals surface area contributed by atoms with Crippen LogP contribution in [-0.4, -0.2) is 0 Å². The van der Waals surface area contributed by atoms with Gasteiger partial charge in [-0.2, -0.15) is 0 Å². The second kappa shape index (κ2) is 8.93. The average molecular weight is 562 g/mol. The van der Waals surface area contributed by atoms with E-state index in [2.05, 4.69) is 134 Å². The van der Waals surface area contributed by atoms with Crippen LogP contribution >= 0.6 is 0 Å². The predicted octanol–water partition coefficient (Wildman–Crippen LogP) is 12.1. The Kier molecular flexibility index (Phi) is 5.05. The Morgan fingerprint density at radius 3 is 1.73 bits per heavy atom. The highest BCUT2D eigenvalue weighted by molar-refractivity contribution is 6.22. The summed E-state index contributed by atoms with van der Waals surface area (Å²) in [5, 5.41) is 7.10. The molecule has 1 aliphatic carbocycles. The smallest absolute Gasteiger partial charge is 0.187 e. The molecule has 8 aromatic rings. The third kappa shape index (κ3) is 3.36. The molecule has 0 amide bonds. The van der Waals surface area contributed by atoms with Crippen molar-refractivity contribution in [1.82, 2.24) is 0 Å². The van der Waals surface area contributed by atoms with Gasteiger partial charge in [-0.3, -0.25) is 0 Å². The first kappa shape index (κ1) is 24.9. The molecule has 206 valence electrons. The third-order valence-corrected chi connectivity index (χ3v) is 9.68. The van der Waals surface area contributed by atoms with Crippen LogP contribution in [0.3, 0.4) is 0 Å². The van der Waals surface area contributed by atoms with Crippen molar-refractivity contribution in [2.45, 2.75) is 19.3 Å². The molecule has 0 radical (unpaired) electrons. The molecule has 0 saturated heterocycles. The van der Waals surface area contributed by atoms with Crippen LogP contribution in [0.5, 0.6) is 0 Å². The van der Waals surface area contributed by atoms with Crippen LogP contribution < -0.4 is 0 Å². The topological polar surface area (TPSA) is 17.5 Å². The number of furan rings is 1. The zero-order chi connectivity index (χ0) is 29.6. The predicted molar refractivity (Wildman–Crippen MR) is 183 cm³/mol. The van der Waals surface area contributed by atoms with Gasteiger partial charge in [0, 0.05) is 16.2 Å². The minimum atomic E-state index is -0.0693. The Morgan fingerprint density at radius 1 is 0.500 bits per heavy atom. The summed E-state index contributed by atoms with van der Waals surface area (Å²) < 4.78 is 6.51. The molecule has 44 heavy (non-hydrogen) atoms. The summed E-state index contributed by atoms with van der Waals surface area (Å²) in [6, 6.07) is 45.4. The van der Waals surface area contributed by atoms with Crippen LogP contribution in [0.15, 0.2) is 132 Å². The van der Waals surface area contributed by atoms with Crippen LogP contribution in [-0.2, 0) is 5.41 Å². The Balaban J connectivity index is 1.32. The molecule has 9 rings (SSSR count). The summed E-state index contributed by atoms with van der Waals surface area (Å²) in [6.45, 7) is 12.0. The summed E-state index contributed by atoms with van der Waals surface area (Å²) in [6.07, 6.45) is 0. The van der Waals surface area contributed by atoms with Crippen molar-refractivity contribution in [3.8, 4) is 33.4 Å². The summed E-state index contributed by atoms with van der Waals surface area (Å²) in [5.74, 6) is 0. The van der Waals surface area contributed by atoms with Crippen LogP contribution in [0.1, 0.15) is 25.0 Å². The maximum Gasteiger partial charge on any atom is 0.187 e. The fraction of sp³-hybridized carbons (Fsp3) is 0.0714. The first-order valence-electron chi connectivity index (χ1n) is 15.1. The molecule has 0 bridgehead atoms. The van der Waals surface area contributed by atoms with E-state index in [0.717, 1.165) is 27.5 Å². The molecule has 7 aromatic carbocycles. The zero-order valence-corrected chi connectivity index (χ0v) is 24.5. The van der Waals surface area contributed by atoms with Crippen molar-refractivity contribution in [2.75, 3.05) is 0 Å². The fourth-order valence-corrected chi connectivity index (χ4v) is 7.58. The van der Waals surface area contributed by atoms with Gasteiger partial charge >= 0.3 is 0 Å². The fourth-order valence-electron chi connectivity index (χ4n) is 7.58. The lowest BCUT2D eigenvalue weighted by molar-refractivity contribution is 0.647. The van der Waals surface area contributed by atoms with Crippen molar-refractivity contribution in [3.05, 3.63) is 150 Å². The highest BCUT2D eigenvalue weighted by Crippen LogP contribution is 2.51. The number of hydrogen-bond acceptors (Lipinski definition) is 1. The number of benzene rings is 7. The normalized spacial score (nSPS) is 13.4. The Bertz CT molecular complexity index is 2470. The molecule has 0 atom stereocenters. The second-order valence-corrected chi connectivity index (χ2v) is 12.4. The SMILES string of the molecule is [C-]#[N+]c1ccc(-c2c3ccccc3c(-c3ccc4oc5cc6c(cc5c4c3)-c3ccccc3C6(C)C)c3ccccc23)cc1. The molecule has 1 aliphatic rings. The lowest BCUT2D eigenvalue weighted by Gasteiger charge is -2.21. The van der Waals surface area contributed by atoms with Gasteiger partial charge < -0.3 is 4.42 Å². The molecule has 2 nitrogen and oxygen atoms in total. The van der Waals surface area contributed by atoms with Gasteiger partial charge in [-0.25, -0.2) is 4.85 Å². The quantitative estimate of drug-likeness (QED) is 0.152. The molecular weight excluding hydrogens is 534 g/mol. The van der Waals surface area contributed by atoms with Crippen molar-refractivity contribution >= 4 is 49.2 Å². The number of fused-ring (bicyclic) bond motifs is 8. The highest BCUT2D eigenvalue weighted by Gasteiger charge is 2.36. The van der Waals surface area contributed by atoms with Gasteiger partial charge in [-0.15, -0.1) is 0 Å². The van der Waals surface area contributed by atoms with Crippen LogP contribution in [0, 0.1) is 6.57 Å². The van der Waals surface area contributed by atoms with Crippen molar-refractivity contribution in [1.29, 1.82) is 0 Å². The van der Waals surface area contributed by atoms with E-state index >= 15 is 0 Å². The standard InChI is InChI=1S/C42H27NO/c1-42(2)36-15-9-8-10-28(36)33-23-35-34-22-26(18-21-38(34)44-39(35)24-37(33)42)41-31-13-6-4-11-29(31)40(30-12-5-7-14-32(30)41)25-16-19-27(43-3)20-17-25/h4-24H,1-2H3. The monoisotopic (exact) mass is 561 g/mol. The summed E-state index contributed by atoms with van der Waals surface area (Å²) in [4.78, 5) is 3.61. The first-order valence-corrected chi connectivity index (χ1v) is 15.1. The molecule has 0 aliphatic heterocycles. The van der Waals surface area contributed by atoms with E-state index in [-0.39, 0.29) is 5.41 Å². The summed E-state index contributed by atoms with van der Waals surface area (Å²) in [7, 11) is 0. The van der Waals surface area contributed by atoms with E-state index in [0.29, 0.717) is 5.69 Å². The van der Waals surface area contributed by atoms with E-state index < -0.39 is 0 Å². The van der Waals surface area contributed by atoms with E-state index in [1.54, 1.807) is 0 Å². The third-order valence-electron chi connectivity index (χ3n) is 9.68. The first-order chi connectivity index (χ1) is 21.5. The van der Waals surface area contributed by atoms with Crippen LogP contribution in [0.2, 0.25) is 0 Å². The van der Waals surface area contributed by atoms with Crippen molar-refractivity contribution in [3.63, 3.8) is 0 Å². The van der Waals surface area contributed by atoms with Gasteiger partial charge in [-0.1, -0.05) is 117 Å². The van der Waals surface area contributed by atoms with Crippen molar-refractivity contribution in [2.24, 2.45) is 0 Å². The number of hydrogen-bond donors (Lipinski definition) is 0. The Morgan fingerprint density at radius 2 is 1.07 bits per heavy atom. The van der Waals surface area contributed by atoms with Crippen LogP contribution in [0.4, 0.5) is 5.69 Å². The molecule has 2 heteroatoms. The van der Waals surface area contributed by atoms with Crippen LogP contribution in [0.25, 0.3) is 81.7 Å². The van der Waals surface area contributed by atoms with E-state index in [9.17, 15) is 0 Å². The largest absolute Gasteiger partial charge is 0.456 e.